The van der Waals surface area contributed by atoms with Gasteiger partial charge >= 0.3 is 6.18 Å². The van der Waals surface area contributed by atoms with Crippen molar-refractivity contribution in [3.05, 3.63) is 34.9 Å². The van der Waals surface area contributed by atoms with Crippen molar-refractivity contribution in [2.45, 2.75) is 51.5 Å². The van der Waals surface area contributed by atoms with Crippen LogP contribution in [0, 0.1) is 12.8 Å². The first-order valence-electron chi connectivity index (χ1n) is 9.17. The molecule has 0 bridgehead atoms. The molecule has 28 heavy (non-hydrogen) atoms. The predicted molar refractivity (Wildman–Crippen MR) is 93.9 cm³/mol. The molecule has 152 valence electrons. The van der Waals surface area contributed by atoms with Gasteiger partial charge in [0.15, 0.2) is 0 Å². The van der Waals surface area contributed by atoms with Gasteiger partial charge in [-0.05, 0) is 37.8 Å². The number of likely N-dealkylation sites (N-methyl/N-ethyl adjacent to an activating group) is 1. The zero-order valence-corrected chi connectivity index (χ0v) is 15.6. The molecule has 2 aliphatic rings. The molecule has 2 N–H and O–H groups in total. The lowest BCUT2D eigenvalue weighted by Gasteiger charge is -2.35. The summed E-state index contributed by atoms with van der Waals surface area (Å²) < 4.78 is 38.3. The molecule has 3 atom stereocenters. The van der Waals surface area contributed by atoms with Crippen molar-refractivity contribution >= 4 is 17.7 Å². The maximum absolute atomic E-state index is 12.8. The number of benzene rings is 1. The monoisotopic (exact) mass is 397 g/mol. The van der Waals surface area contributed by atoms with Crippen molar-refractivity contribution in [3.63, 3.8) is 0 Å². The topological polar surface area (TPSA) is 78.5 Å². The molecule has 0 spiro atoms. The number of nitrogens with one attached hydrogen (secondary N) is 2. The molecule has 1 fully saturated rings. The Hall–Kier alpha value is -2.58. The first kappa shape index (κ1) is 20.2. The number of piperidine rings is 1. The minimum atomic E-state index is -4.55. The lowest BCUT2D eigenvalue weighted by atomic mass is 9.90. The van der Waals surface area contributed by atoms with Crippen LogP contribution in [-0.4, -0.2) is 41.4 Å². The second-order valence-electron chi connectivity index (χ2n) is 7.23. The summed E-state index contributed by atoms with van der Waals surface area (Å²) in [6.45, 7) is 4.62. The third-order valence-electron chi connectivity index (χ3n) is 5.29. The number of carbonyl (C=O) groups is 3. The van der Waals surface area contributed by atoms with Crippen LogP contribution >= 0.6 is 0 Å². The first-order valence-corrected chi connectivity index (χ1v) is 9.17. The van der Waals surface area contributed by atoms with Gasteiger partial charge in [0.05, 0.1) is 0 Å². The summed E-state index contributed by atoms with van der Waals surface area (Å²) in [6.07, 6.45) is -5.14. The van der Waals surface area contributed by atoms with Crippen LogP contribution in [0.25, 0.3) is 0 Å². The average Bonchev–Trinajstić information content (AvgIpc) is 2.62. The van der Waals surface area contributed by atoms with E-state index in [1.54, 1.807) is 11.0 Å². The van der Waals surface area contributed by atoms with Crippen LogP contribution in [-0.2, 0) is 20.9 Å². The zero-order valence-electron chi connectivity index (χ0n) is 15.6. The highest BCUT2D eigenvalue weighted by molar-refractivity contribution is 6.02. The van der Waals surface area contributed by atoms with E-state index in [1.165, 1.54) is 0 Å². The Balaban J connectivity index is 1.78. The number of carbonyl (C=O) groups excluding carboxylic acids is 3. The SMILES string of the molecule is CCN1Cc2cc(C)ccc2C(NC(=O)C2CCC(C(F)(F)F)NC2=O)C1=O. The number of alkyl halides is 3. The summed E-state index contributed by atoms with van der Waals surface area (Å²) in [5, 5.41) is 4.45. The number of nitrogens with zero attached hydrogens (tertiary/aromatic N) is 1. The smallest absolute Gasteiger partial charge is 0.344 e. The molecule has 0 aromatic heterocycles. The summed E-state index contributed by atoms with van der Waals surface area (Å²) in [5.41, 5.74) is 2.56. The quantitative estimate of drug-likeness (QED) is 0.766. The standard InChI is InChI=1S/C19H22F3N3O3/c1-3-25-9-11-8-10(2)4-5-12(11)15(18(25)28)24-17(27)13-6-7-14(19(20,21)22)23-16(13)26/h4-5,8,13-15H,3,6-7,9H2,1-2H3,(H,23,26)(H,24,27). The number of halogens is 3. The van der Waals surface area contributed by atoms with Gasteiger partial charge in [-0.3, -0.25) is 14.4 Å². The van der Waals surface area contributed by atoms with Crippen molar-refractivity contribution in [2.75, 3.05) is 6.54 Å². The summed E-state index contributed by atoms with van der Waals surface area (Å²) >= 11 is 0. The molecule has 6 nitrogen and oxygen atoms in total. The molecular weight excluding hydrogens is 375 g/mol. The van der Waals surface area contributed by atoms with E-state index >= 15 is 0 Å². The molecule has 0 saturated carbocycles. The van der Waals surface area contributed by atoms with Crippen molar-refractivity contribution in [1.82, 2.24) is 15.5 Å². The van der Waals surface area contributed by atoms with Crippen LogP contribution in [0.1, 0.15) is 42.5 Å². The molecule has 3 amide bonds. The lowest BCUT2D eigenvalue weighted by Crippen LogP contribution is -2.55. The fourth-order valence-electron chi connectivity index (χ4n) is 3.71. The Morgan fingerprint density at radius 1 is 1.29 bits per heavy atom. The van der Waals surface area contributed by atoms with E-state index in [2.05, 4.69) is 5.32 Å². The van der Waals surface area contributed by atoms with Crippen molar-refractivity contribution < 1.29 is 27.6 Å². The Morgan fingerprint density at radius 3 is 2.61 bits per heavy atom. The summed E-state index contributed by atoms with van der Waals surface area (Å²) in [7, 11) is 0. The van der Waals surface area contributed by atoms with E-state index in [4.69, 9.17) is 0 Å². The Bertz CT molecular complexity index is 809. The molecule has 1 aromatic rings. The van der Waals surface area contributed by atoms with Gasteiger partial charge in [0.1, 0.15) is 18.0 Å². The van der Waals surface area contributed by atoms with E-state index < -0.39 is 36.0 Å². The molecule has 0 radical (unpaired) electrons. The molecule has 0 aliphatic carbocycles. The average molecular weight is 397 g/mol. The fraction of sp³-hybridized carbons (Fsp3) is 0.526. The van der Waals surface area contributed by atoms with Crippen molar-refractivity contribution in [1.29, 1.82) is 0 Å². The number of hydrogen-bond donors (Lipinski definition) is 2. The van der Waals surface area contributed by atoms with Crippen LogP contribution in [0.15, 0.2) is 18.2 Å². The Kier molecular flexibility index (Phi) is 5.36. The van der Waals surface area contributed by atoms with Gasteiger partial charge in [-0.25, -0.2) is 0 Å². The lowest BCUT2D eigenvalue weighted by molar-refractivity contribution is -0.171. The zero-order chi connectivity index (χ0) is 20.6. The minimum Gasteiger partial charge on any atom is -0.344 e. The van der Waals surface area contributed by atoms with Gasteiger partial charge in [-0.2, -0.15) is 13.2 Å². The molecule has 2 aliphatic heterocycles. The van der Waals surface area contributed by atoms with Crippen LogP contribution in [0.4, 0.5) is 13.2 Å². The van der Waals surface area contributed by atoms with Gasteiger partial charge < -0.3 is 15.5 Å². The summed E-state index contributed by atoms with van der Waals surface area (Å²) in [6, 6.07) is 2.63. The maximum atomic E-state index is 12.8. The highest BCUT2D eigenvalue weighted by Crippen LogP contribution is 2.31. The molecule has 1 aromatic carbocycles. The molecule has 3 rings (SSSR count). The van der Waals surface area contributed by atoms with Gasteiger partial charge in [0.25, 0.3) is 0 Å². The van der Waals surface area contributed by atoms with Crippen molar-refractivity contribution in [2.24, 2.45) is 5.92 Å². The van der Waals surface area contributed by atoms with Crippen molar-refractivity contribution in [3.8, 4) is 0 Å². The minimum absolute atomic E-state index is 0.221. The fourth-order valence-corrected chi connectivity index (χ4v) is 3.71. The number of rotatable bonds is 3. The van der Waals surface area contributed by atoms with Gasteiger partial charge in [-0.1, -0.05) is 23.8 Å². The molecule has 3 unspecified atom stereocenters. The van der Waals surface area contributed by atoms with E-state index in [-0.39, 0.29) is 18.7 Å². The van der Waals surface area contributed by atoms with Crippen LogP contribution in [0.2, 0.25) is 0 Å². The largest absolute Gasteiger partial charge is 0.408 e. The summed E-state index contributed by atoms with van der Waals surface area (Å²) in [4.78, 5) is 39.0. The third kappa shape index (κ3) is 3.83. The Morgan fingerprint density at radius 2 is 2.00 bits per heavy atom. The van der Waals surface area contributed by atoms with Crippen LogP contribution in [0.3, 0.4) is 0 Å². The number of aryl methyl sites for hydroxylation is 1. The van der Waals surface area contributed by atoms with E-state index in [9.17, 15) is 27.6 Å². The molecule has 2 heterocycles. The van der Waals surface area contributed by atoms with Gasteiger partial charge in [0, 0.05) is 13.1 Å². The normalized spacial score (nSPS) is 25.2. The highest BCUT2D eigenvalue weighted by atomic mass is 19.4. The predicted octanol–water partition coefficient (Wildman–Crippen LogP) is 1.97. The summed E-state index contributed by atoms with van der Waals surface area (Å²) in [5.74, 6) is -3.25. The second kappa shape index (κ2) is 7.44. The van der Waals surface area contributed by atoms with Gasteiger partial charge in [-0.15, -0.1) is 0 Å². The maximum Gasteiger partial charge on any atom is 0.408 e. The van der Waals surface area contributed by atoms with E-state index in [1.807, 2.05) is 31.3 Å². The third-order valence-corrected chi connectivity index (χ3v) is 5.29. The Labute approximate surface area is 160 Å². The molecule has 1 saturated heterocycles. The van der Waals surface area contributed by atoms with Gasteiger partial charge in [0.2, 0.25) is 17.7 Å². The molecule has 9 heteroatoms. The van der Waals surface area contributed by atoms with Crippen LogP contribution in [0.5, 0.6) is 0 Å². The number of hydrogen-bond acceptors (Lipinski definition) is 3. The first-order chi connectivity index (χ1) is 13.1. The number of amides is 3. The van der Waals surface area contributed by atoms with Crippen LogP contribution < -0.4 is 10.6 Å². The second-order valence-corrected chi connectivity index (χ2v) is 7.23. The highest BCUT2D eigenvalue weighted by Gasteiger charge is 2.46. The number of fused-ring (bicyclic) bond motifs is 1. The molecular formula is C19H22F3N3O3. The van der Waals surface area contributed by atoms with E-state index in [0.29, 0.717) is 18.7 Å². The van der Waals surface area contributed by atoms with E-state index in [0.717, 1.165) is 11.1 Å².